The number of fused-ring (bicyclic) bond motifs is 3. The van der Waals surface area contributed by atoms with E-state index in [-0.39, 0.29) is 12.5 Å². The first kappa shape index (κ1) is 11.4. The van der Waals surface area contributed by atoms with E-state index < -0.39 is 0 Å². The van der Waals surface area contributed by atoms with E-state index in [1.807, 2.05) is 0 Å². The Balaban J connectivity index is 2.32. The number of nitrogens with zero attached hydrogens (tertiary/aromatic N) is 4. The Hall–Kier alpha value is -2.67. The van der Waals surface area contributed by atoms with Crippen molar-refractivity contribution in [2.75, 3.05) is 11.9 Å². The molecule has 2 aromatic heterocycles. The van der Waals surface area contributed by atoms with Crippen molar-refractivity contribution in [3.05, 3.63) is 30.9 Å². The lowest BCUT2D eigenvalue weighted by Crippen LogP contribution is -2.22. The second-order valence-corrected chi connectivity index (χ2v) is 3.85. The number of benzene rings is 1. The number of nitrogens with two attached hydrogens (primary N) is 1. The molecule has 0 fully saturated rings. The van der Waals surface area contributed by atoms with Crippen LogP contribution in [0.3, 0.4) is 0 Å². The van der Waals surface area contributed by atoms with Crippen LogP contribution in [0.4, 0.5) is 5.69 Å². The summed E-state index contributed by atoms with van der Waals surface area (Å²) in [5.41, 5.74) is 8.29. The summed E-state index contributed by atoms with van der Waals surface area (Å²) >= 11 is 0. The lowest BCUT2D eigenvalue weighted by molar-refractivity contribution is -0.114. The van der Waals surface area contributed by atoms with Crippen molar-refractivity contribution in [2.24, 2.45) is 5.73 Å². The van der Waals surface area contributed by atoms with E-state index in [0.29, 0.717) is 27.8 Å². The molecule has 7 heteroatoms. The van der Waals surface area contributed by atoms with Crippen LogP contribution in [-0.4, -0.2) is 32.4 Å². The molecule has 0 saturated heterocycles. The highest BCUT2D eigenvalue weighted by Crippen LogP contribution is 2.26. The van der Waals surface area contributed by atoms with Gasteiger partial charge in [0.1, 0.15) is 16.6 Å². The molecule has 0 radical (unpaired) electrons. The standard InChI is InChI=1S/C12H10N6O/c13-6-9(19)18-8-5-7-10(15-2-1-14-7)12-11(8)16-3-4-17-12/h1-5H,6,13H2,(H,18,19). The zero-order valence-electron chi connectivity index (χ0n) is 9.87. The molecule has 0 spiro atoms. The number of amides is 1. The number of hydrogen-bond acceptors (Lipinski definition) is 6. The predicted octanol–water partition coefficient (Wildman–Crippen LogP) is 0.470. The van der Waals surface area contributed by atoms with E-state index >= 15 is 0 Å². The van der Waals surface area contributed by atoms with Crippen LogP contribution in [-0.2, 0) is 4.79 Å². The zero-order chi connectivity index (χ0) is 13.2. The Kier molecular flexibility index (Phi) is 2.73. The summed E-state index contributed by atoms with van der Waals surface area (Å²) in [7, 11) is 0. The first-order valence-corrected chi connectivity index (χ1v) is 5.64. The summed E-state index contributed by atoms with van der Waals surface area (Å²) in [4.78, 5) is 28.4. The summed E-state index contributed by atoms with van der Waals surface area (Å²) < 4.78 is 0. The van der Waals surface area contributed by atoms with Crippen LogP contribution < -0.4 is 11.1 Å². The lowest BCUT2D eigenvalue weighted by atomic mass is 10.2. The third-order valence-electron chi connectivity index (χ3n) is 2.64. The Bertz CT molecular complexity index is 772. The van der Waals surface area contributed by atoms with Crippen LogP contribution in [0.1, 0.15) is 0 Å². The van der Waals surface area contributed by atoms with Gasteiger partial charge >= 0.3 is 0 Å². The summed E-state index contributed by atoms with van der Waals surface area (Å²) in [6.45, 7) is -0.0970. The second kappa shape index (κ2) is 4.54. The van der Waals surface area contributed by atoms with Crippen molar-refractivity contribution in [1.29, 1.82) is 0 Å². The quantitative estimate of drug-likeness (QED) is 0.644. The van der Waals surface area contributed by atoms with Crippen molar-refractivity contribution < 1.29 is 4.79 Å². The molecule has 7 nitrogen and oxygen atoms in total. The molecule has 0 bridgehead atoms. The fourth-order valence-corrected chi connectivity index (χ4v) is 1.85. The van der Waals surface area contributed by atoms with E-state index in [4.69, 9.17) is 5.73 Å². The second-order valence-electron chi connectivity index (χ2n) is 3.85. The maximum Gasteiger partial charge on any atom is 0.238 e. The van der Waals surface area contributed by atoms with Gasteiger partial charge in [0.2, 0.25) is 5.91 Å². The smallest absolute Gasteiger partial charge is 0.238 e. The topological polar surface area (TPSA) is 107 Å². The van der Waals surface area contributed by atoms with Crippen molar-refractivity contribution >= 4 is 33.7 Å². The summed E-state index contributed by atoms with van der Waals surface area (Å²) in [6.07, 6.45) is 6.31. The van der Waals surface area contributed by atoms with Gasteiger partial charge < -0.3 is 11.1 Å². The summed E-state index contributed by atoms with van der Waals surface area (Å²) in [5, 5.41) is 2.69. The molecular formula is C12H10N6O. The van der Waals surface area contributed by atoms with Crippen LogP contribution in [0.15, 0.2) is 30.9 Å². The highest BCUT2D eigenvalue weighted by molar-refractivity contribution is 6.09. The molecule has 3 aromatic rings. The molecule has 3 N–H and O–H groups in total. The minimum atomic E-state index is -0.296. The molecule has 0 saturated carbocycles. The Labute approximate surface area is 107 Å². The molecule has 0 aliphatic rings. The van der Waals surface area contributed by atoms with Gasteiger partial charge in [-0.3, -0.25) is 24.7 Å². The molecule has 2 heterocycles. The molecule has 1 amide bonds. The van der Waals surface area contributed by atoms with Gasteiger partial charge in [0, 0.05) is 24.8 Å². The average molecular weight is 254 g/mol. The van der Waals surface area contributed by atoms with E-state index in [9.17, 15) is 4.79 Å². The predicted molar refractivity (Wildman–Crippen MR) is 70.3 cm³/mol. The molecule has 94 valence electrons. The molecular weight excluding hydrogens is 244 g/mol. The number of rotatable bonds is 2. The third-order valence-corrected chi connectivity index (χ3v) is 2.64. The van der Waals surface area contributed by atoms with Crippen LogP contribution in [0.5, 0.6) is 0 Å². The summed E-state index contributed by atoms with van der Waals surface area (Å²) in [5.74, 6) is -0.296. The average Bonchev–Trinajstić information content (AvgIpc) is 2.47. The fourth-order valence-electron chi connectivity index (χ4n) is 1.85. The van der Waals surface area contributed by atoms with Gasteiger partial charge in [-0.25, -0.2) is 0 Å². The third kappa shape index (κ3) is 1.95. The zero-order valence-corrected chi connectivity index (χ0v) is 9.87. The highest BCUT2D eigenvalue weighted by Gasteiger charge is 2.11. The Morgan fingerprint density at radius 2 is 1.63 bits per heavy atom. The molecule has 1 aromatic carbocycles. The first-order chi connectivity index (χ1) is 9.29. The van der Waals surface area contributed by atoms with Crippen molar-refractivity contribution in [1.82, 2.24) is 19.9 Å². The fraction of sp³-hybridized carbons (Fsp3) is 0.0833. The highest BCUT2D eigenvalue weighted by atomic mass is 16.1. The Morgan fingerprint density at radius 1 is 1.00 bits per heavy atom. The van der Waals surface area contributed by atoms with Crippen LogP contribution in [0, 0.1) is 0 Å². The first-order valence-electron chi connectivity index (χ1n) is 5.64. The molecule has 0 aliphatic heterocycles. The largest absolute Gasteiger partial charge is 0.323 e. The maximum absolute atomic E-state index is 11.4. The van der Waals surface area contributed by atoms with Crippen molar-refractivity contribution in [3.63, 3.8) is 0 Å². The Morgan fingerprint density at radius 3 is 2.37 bits per heavy atom. The van der Waals surface area contributed by atoms with Gasteiger partial charge in [0.25, 0.3) is 0 Å². The minimum Gasteiger partial charge on any atom is -0.323 e. The number of carbonyl (C=O) groups is 1. The van der Waals surface area contributed by atoms with Gasteiger partial charge in [-0.15, -0.1) is 0 Å². The van der Waals surface area contributed by atoms with E-state index in [2.05, 4.69) is 25.3 Å². The molecule has 3 rings (SSSR count). The van der Waals surface area contributed by atoms with Crippen LogP contribution in [0.25, 0.3) is 22.1 Å². The van der Waals surface area contributed by atoms with Crippen molar-refractivity contribution in [2.45, 2.75) is 0 Å². The minimum absolute atomic E-state index is 0.0970. The molecule has 0 aliphatic carbocycles. The number of nitrogens with one attached hydrogen (secondary N) is 1. The van der Waals surface area contributed by atoms with Gasteiger partial charge in [0.15, 0.2) is 0 Å². The van der Waals surface area contributed by atoms with Gasteiger partial charge in [-0.05, 0) is 6.07 Å². The number of anilines is 1. The van der Waals surface area contributed by atoms with Gasteiger partial charge in [0.05, 0.1) is 17.7 Å². The van der Waals surface area contributed by atoms with Gasteiger partial charge in [-0.2, -0.15) is 0 Å². The number of carbonyl (C=O) groups excluding carboxylic acids is 1. The van der Waals surface area contributed by atoms with E-state index in [1.54, 1.807) is 30.9 Å². The normalized spacial score (nSPS) is 10.8. The van der Waals surface area contributed by atoms with E-state index in [0.717, 1.165) is 0 Å². The molecule has 0 atom stereocenters. The number of hydrogen-bond donors (Lipinski definition) is 2. The lowest BCUT2D eigenvalue weighted by Gasteiger charge is -2.08. The van der Waals surface area contributed by atoms with Crippen molar-refractivity contribution in [3.8, 4) is 0 Å². The van der Waals surface area contributed by atoms with Crippen LogP contribution in [0.2, 0.25) is 0 Å². The molecule has 0 unspecified atom stereocenters. The monoisotopic (exact) mass is 254 g/mol. The van der Waals surface area contributed by atoms with Gasteiger partial charge in [-0.1, -0.05) is 0 Å². The number of aromatic nitrogens is 4. The molecule has 19 heavy (non-hydrogen) atoms. The summed E-state index contributed by atoms with van der Waals surface area (Å²) in [6, 6.07) is 1.72. The van der Waals surface area contributed by atoms with E-state index in [1.165, 1.54) is 0 Å². The van der Waals surface area contributed by atoms with Crippen LogP contribution >= 0.6 is 0 Å². The maximum atomic E-state index is 11.4. The SMILES string of the molecule is NCC(=O)Nc1cc2nccnc2c2nccnc12.